The largest absolute Gasteiger partial charge is 0.384 e. The number of methoxy groups -OCH3 is 1. The van der Waals surface area contributed by atoms with Crippen molar-refractivity contribution in [3.63, 3.8) is 0 Å². The SMILES string of the molecule is CCC(=O)C1CCC(NC(=O)CCOCC2CCC(COC)CC2)CC1. The number of nitrogens with one attached hydrogen (secondary N) is 1. The Kier molecular flexibility index (Phi) is 9.62. The third kappa shape index (κ3) is 7.36. The molecular formula is C21H37NO4. The number of carbonyl (C=O) groups excluding carboxylic acids is 2. The van der Waals surface area contributed by atoms with Gasteiger partial charge in [-0.05, 0) is 63.2 Å². The van der Waals surface area contributed by atoms with Gasteiger partial charge in [0.2, 0.25) is 5.91 Å². The first-order chi connectivity index (χ1) is 12.6. The second-order valence-corrected chi connectivity index (χ2v) is 8.10. The number of hydrogen-bond donors (Lipinski definition) is 1. The molecule has 5 heteroatoms. The van der Waals surface area contributed by atoms with Crippen LogP contribution in [0.3, 0.4) is 0 Å². The van der Waals surface area contributed by atoms with Crippen LogP contribution < -0.4 is 5.32 Å². The Balaban J connectivity index is 1.50. The molecule has 5 nitrogen and oxygen atoms in total. The van der Waals surface area contributed by atoms with Gasteiger partial charge < -0.3 is 14.8 Å². The fraction of sp³-hybridized carbons (Fsp3) is 0.905. The van der Waals surface area contributed by atoms with E-state index in [0.717, 1.165) is 38.9 Å². The first-order valence-corrected chi connectivity index (χ1v) is 10.5. The molecule has 0 aromatic heterocycles. The molecule has 0 heterocycles. The van der Waals surface area contributed by atoms with Gasteiger partial charge in [0.05, 0.1) is 6.61 Å². The van der Waals surface area contributed by atoms with Gasteiger partial charge in [-0.3, -0.25) is 9.59 Å². The Morgan fingerprint density at radius 2 is 1.54 bits per heavy atom. The summed E-state index contributed by atoms with van der Waals surface area (Å²) in [6, 6.07) is 0.236. The minimum atomic E-state index is 0.0825. The maximum Gasteiger partial charge on any atom is 0.222 e. The molecule has 0 bridgehead atoms. The second kappa shape index (κ2) is 11.7. The molecule has 26 heavy (non-hydrogen) atoms. The van der Waals surface area contributed by atoms with Gasteiger partial charge in [-0.15, -0.1) is 0 Å². The fourth-order valence-corrected chi connectivity index (χ4v) is 4.36. The molecule has 2 aliphatic carbocycles. The van der Waals surface area contributed by atoms with E-state index in [1.54, 1.807) is 7.11 Å². The molecule has 0 radical (unpaired) electrons. The molecule has 0 saturated heterocycles. The predicted molar refractivity (Wildman–Crippen MR) is 102 cm³/mol. The fourth-order valence-electron chi connectivity index (χ4n) is 4.36. The highest BCUT2D eigenvalue weighted by molar-refractivity contribution is 5.80. The standard InChI is InChI=1S/C21H37NO4/c1-3-20(23)18-8-10-19(11-9-18)22-21(24)12-13-26-15-17-6-4-16(5-7-17)14-25-2/h16-19H,3-15H2,1-2H3,(H,22,24). The van der Waals surface area contributed by atoms with Crippen molar-refractivity contribution in [2.45, 2.75) is 77.2 Å². The van der Waals surface area contributed by atoms with E-state index in [0.29, 0.717) is 37.1 Å². The molecule has 2 aliphatic rings. The van der Waals surface area contributed by atoms with Crippen molar-refractivity contribution in [3.05, 3.63) is 0 Å². The van der Waals surface area contributed by atoms with Crippen molar-refractivity contribution in [1.82, 2.24) is 5.32 Å². The molecule has 150 valence electrons. The molecule has 0 unspecified atom stereocenters. The lowest BCUT2D eigenvalue weighted by Crippen LogP contribution is -2.39. The van der Waals surface area contributed by atoms with Crippen LogP contribution in [-0.2, 0) is 19.1 Å². The lowest BCUT2D eigenvalue weighted by molar-refractivity contribution is -0.124. The zero-order chi connectivity index (χ0) is 18.8. The molecule has 2 rings (SSSR count). The van der Waals surface area contributed by atoms with Crippen molar-refractivity contribution in [2.24, 2.45) is 17.8 Å². The molecule has 2 saturated carbocycles. The summed E-state index contributed by atoms with van der Waals surface area (Å²) in [6.45, 7) is 4.09. The number of amides is 1. The maximum atomic E-state index is 12.1. The quantitative estimate of drug-likeness (QED) is 0.600. The van der Waals surface area contributed by atoms with Crippen LogP contribution in [-0.4, -0.2) is 44.7 Å². The van der Waals surface area contributed by atoms with Crippen LogP contribution in [0.15, 0.2) is 0 Å². The van der Waals surface area contributed by atoms with Gasteiger partial charge in [-0.2, -0.15) is 0 Å². The summed E-state index contributed by atoms with van der Waals surface area (Å²) in [5, 5.41) is 3.11. The Labute approximate surface area is 158 Å². The summed E-state index contributed by atoms with van der Waals surface area (Å²) < 4.78 is 11.0. The maximum absolute atomic E-state index is 12.1. The minimum Gasteiger partial charge on any atom is -0.384 e. The Bertz CT molecular complexity index is 424. The lowest BCUT2D eigenvalue weighted by Gasteiger charge is -2.28. The van der Waals surface area contributed by atoms with Crippen LogP contribution >= 0.6 is 0 Å². The number of ether oxygens (including phenoxy) is 2. The third-order valence-corrected chi connectivity index (χ3v) is 6.09. The first kappa shape index (κ1) is 21.4. The molecule has 0 aromatic carbocycles. The Hall–Kier alpha value is -0.940. The van der Waals surface area contributed by atoms with E-state index >= 15 is 0 Å². The van der Waals surface area contributed by atoms with Crippen molar-refractivity contribution in [3.8, 4) is 0 Å². The van der Waals surface area contributed by atoms with Crippen LogP contribution in [0.1, 0.15) is 71.1 Å². The third-order valence-electron chi connectivity index (χ3n) is 6.09. The predicted octanol–water partition coefficient (Wildman–Crippen LogP) is 3.50. The smallest absolute Gasteiger partial charge is 0.222 e. The lowest BCUT2D eigenvalue weighted by atomic mass is 9.83. The molecular weight excluding hydrogens is 330 g/mol. The van der Waals surface area contributed by atoms with Crippen LogP contribution in [0.4, 0.5) is 0 Å². The van der Waals surface area contributed by atoms with Crippen molar-refractivity contribution in [1.29, 1.82) is 0 Å². The minimum absolute atomic E-state index is 0.0825. The number of rotatable bonds is 10. The van der Waals surface area contributed by atoms with E-state index in [1.165, 1.54) is 25.7 Å². The van der Waals surface area contributed by atoms with E-state index in [2.05, 4.69) is 5.32 Å². The molecule has 1 N–H and O–H groups in total. The van der Waals surface area contributed by atoms with Gasteiger partial charge in [-0.1, -0.05) is 6.92 Å². The van der Waals surface area contributed by atoms with E-state index in [9.17, 15) is 9.59 Å². The van der Waals surface area contributed by atoms with Crippen LogP contribution in [0, 0.1) is 17.8 Å². The van der Waals surface area contributed by atoms with Gasteiger partial charge >= 0.3 is 0 Å². The number of hydrogen-bond acceptors (Lipinski definition) is 4. The van der Waals surface area contributed by atoms with E-state index in [1.807, 2.05) is 6.92 Å². The van der Waals surface area contributed by atoms with E-state index < -0.39 is 0 Å². The summed E-state index contributed by atoms with van der Waals surface area (Å²) in [4.78, 5) is 23.8. The highest BCUT2D eigenvalue weighted by atomic mass is 16.5. The van der Waals surface area contributed by atoms with Gasteiger partial charge in [0, 0.05) is 45.1 Å². The van der Waals surface area contributed by atoms with Crippen molar-refractivity contribution < 1.29 is 19.1 Å². The summed E-state index contributed by atoms with van der Waals surface area (Å²) in [5.74, 6) is 2.02. The zero-order valence-electron chi connectivity index (χ0n) is 16.6. The summed E-state index contributed by atoms with van der Waals surface area (Å²) >= 11 is 0. The number of carbonyl (C=O) groups is 2. The van der Waals surface area contributed by atoms with Gasteiger partial charge in [-0.25, -0.2) is 0 Å². The van der Waals surface area contributed by atoms with E-state index in [4.69, 9.17) is 9.47 Å². The molecule has 0 aliphatic heterocycles. The van der Waals surface area contributed by atoms with Gasteiger partial charge in [0.15, 0.2) is 0 Å². The molecule has 0 atom stereocenters. The average Bonchev–Trinajstić information content (AvgIpc) is 2.67. The number of Topliss-reactive ketones (excluding diaryl/α,β-unsaturated/α-hetero) is 1. The normalized spacial score (nSPS) is 29.3. The van der Waals surface area contributed by atoms with Crippen LogP contribution in [0.5, 0.6) is 0 Å². The van der Waals surface area contributed by atoms with Gasteiger partial charge in [0.25, 0.3) is 0 Å². The first-order valence-electron chi connectivity index (χ1n) is 10.5. The molecule has 0 spiro atoms. The summed E-state index contributed by atoms with van der Waals surface area (Å²) in [7, 11) is 1.77. The van der Waals surface area contributed by atoms with Crippen LogP contribution in [0.2, 0.25) is 0 Å². The zero-order valence-corrected chi connectivity index (χ0v) is 16.6. The Morgan fingerprint density at radius 3 is 2.12 bits per heavy atom. The van der Waals surface area contributed by atoms with E-state index in [-0.39, 0.29) is 17.9 Å². The highest BCUT2D eigenvalue weighted by Crippen LogP contribution is 2.29. The topological polar surface area (TPSA) is 64.6 Å². The second-order valence-electron chi connectivity index (χ2n) is 8.10. The van der Waals surface area contributed by atoms with Gasteiger partial charge in [0.1, 0.15) is 5.78 Å². The summed E-state index contributed by atoms with van der Waals surface area (Å²) in [6.07, 6.45) is 9.62. The summed E-state index contributed by atoms with van der Waals surface area (Å²) in [5.41, 5.74) is 0. The molecule has 0 aromatic rings. The van der Waals surface area contributed by atoms with Crippen LogP contribution in [0.25, 0.3) is 0 Å². The Morgan fingerprint density at radius 1 is 0.923 bits per heavy atom. The monoisotopic (exact) mass is 367 g/mol. The average molecular weight is 368 g/mol. The molecule has 1 amide bonds. The highest BCUT2D eigenvalue weighted by Gasteiger charge is 2.26. The van der Waals surface area contributed by atoms with Crippen molar-refractivity contribution in [2.75, 3.05) is 26.9 Å². The van der Waals surface area contributed by atoms with Crippen molar-refractivity contribution >= 4 is 11.7 Å². The number of ketones is 1. The molecule has 2 fully saturated rings.